The lowest BCUT2D eigenvalue weighted by atomic mass is 10.2. The van der Waals surface area contributed by atoms with E-state index in [4.69, 9.17) is 0 Å². The second-order valence-electron chi connectivity index (χ2n) is 4.12. The quantitative estimate of drug-likeness (QED) is 0.812. The van der Waals surface area contributed by atoms with Gasteiger partial charge in [-0.15, -0.1) is 0 Å². The summed E-state index contributed by atoms with van der Waals surface area (Å²) < 4.78 is 17.3. The van der Waals surface area contributed by atoms with Crippen molar-refractivity contribution in [1.29, 1.82) is 0 Å². The van der Waals surface area contributed by atoms with Crippen LogP contribution in [0.15, 0.2) is 36.4 Å². The molecule has 5 heteroatoms. The zero-order chi connectivity index (χ0) is 13.7. The first kappa shape index (κ1) is 13.3. The average molecular weight is 262 g/mol. The second-order valence-corrected chi connectivity index (χ2v) is 4.12. The van der Waals surface area contributed by atoms with Gasteiger partial charge >= 0.3 is 5.97 Å². The van der Waals surface area contributed by atoms with Crippen LogP contribution in [0.2, 0.25) is 0 Å². The fraction of sp³-hybridized carbons (Fsp3) is 0.214. The van der Waals surface area contributed by atoms with Gasteiger partial charge in [-0.3, -0.25) is 0 Å². The minimum atomic E-state index is -0.384. The SMILES string of the molecule is COC(=O)c1ccc(CNCc2ccc(F)cc2)[nH]1. The normalized spacial score (nSPS) is 10.4. The minimum absolute atomic E-state index is 0.240. The summed E-state index contributed by atoms with van der Waals surface area (Å²) in [6, 6.07) is 9.83. The monoisotopic (exact) mass is 262 g/mol. The summed E-state index contributed by atoms with van der Waals surface area (Å²) in [6.07, 6.45) is 0. The molecule has 0 saturated carbocycles. The highest BCUT2D eigenvalue weighted by Gasteiger charge is 2.07. The van der Waals surface area contributed by atoms with Crippen molar-refractivity contribution in [2.24, 2.45) is 0 Å². The van der Waals surface area contributed by atoms with E-state index in [1.807, 2.05) is 6.07 Å². The predicted molar refractivity (Wildman–Crippen MR) is 69.1 cm³/mol. The maximum atomic E-state index is 12.7. The Kier molecular flexibility index (Phi) is 4.30. The Labute approximate surface area is 110 Å². The molecule has 0 saturated heterocycles. The van der Waals surface area contributed by atoms with E-state index in [1.54, 1.807) is 18.2 Å². The first-order chi connectivity index (χ1) is 9.19. The molecule has 2 aromatic rings. The topological polar surface area (TPSA) is 54.1 Å². The van der Waals surface area contributed by atoms with Crippen LogP contribution in [0.3, 0.4) is 0 Å². The molecule has 19 heavy (non-hydrogen) atoms. The van der Waals surface area contributed by atoms with E-state index in [0.29, 0.717) is 18.8 Å². The van der Waals surface area contributed by atoms with Crippen molar-refractivity contribution < 1.29 is 13.9 Å². The molecule has 0 aliphatic rings. The number of aromatic amines is 1. The molecular weight excluding hydrogens is 247 g/mol. The van der Waals surface area contributed by atoms with Crippen molar-refractivity contribution in [3.63, 3.8) is 0 Å². The number of hydrogen-bond acceptors (Lipinski definition) is 3. The average Bonchev–Trinajstić information content (AvgIpc) is 2.89. The van der Waals surface area contributed by atoms with Crippen LogP contribution in [-0.4, -0.2) is 18.1 Å². The first-order valence-electron chi connectivity index (χ1n) is 5.90. The first-order valence-corrected chi connectivity index (χ1v) is 5.90. The highest BCUT2D eigenvalue weighted by Crippen LogP contribution is 2.05. The van der Waals surface area contributed by atoms with Crippen LogP contribution in [-0.2, 0) is 17.8 Å². The van der Waals surface area contributed by atoms with Gasteiger partial charge in [-0.25, -0.2) is 9.18 Å². The number of rotatable bonds is 5. The third-order valence-electron chi connectivity index (χ3n) is 2.71. The van der Waals surface area contributed by atoms with Gasteiger partial charge in [0.15, 0.2) is 0 Å². The molecule has 2 N–H and O–H groups in total. The van der Waals surface area contributed by atoms with Gasteiger partial charge in [-0.1, -0.05) is 12.1 Å². The zero-order valence-electron chi connectivity index (χ0n) is 10.6. The van der Waals surface area contributed by atoms with Crippen LogP contribution in [0.4, 0.5) is 4.39 Å². The number of halogens is 1. The van der Waals surface area contributed by atoms with Gasteiger partial charge in [0.2, 0.25) is 0 Å². The molecule has 1 aromatic carbocycles. The predicted octanol–water partition coefficient (Wildman–Crippen LogP) is 2.23. The van der Waals surface area contributed by atoms with Gasteiger partial charge in [0.25, 0.3) is 0 Å². The number of nitrogens with one attached hydrogen (secondary N) is 2. The maximum absolute atomic E-state index is 12.7. The highest BCUT2D eigenvalue weighted by atomic mass is 19.1. The summed E-state index contributed by atoms with van der Waals surface area (Å²) in [5.41, 5.74) is 2.32. The van der Waals surface area contributed by atoms with Crippen molar-refractivity contribution in [1.82, 2.24) is 10.3 Å². The van der Waals surface area contributed by atoms with E-state index in [2.05, 4.69) is 15.0 Å². The van der Waals surface area contributed by atoms with Crippen molar-refractivity contribution >= 4 is 5.97 Å². The molecule has 0 radical (unpaired) electrons. The number of carbonyl (C=O) groups excluding carboxylic acids is 1. The lowest BCUT2D eigenvalue weighted by Crippen LogP contribution is -2.13. The smallest absolute Gasteiger partial charge is 0.354 e. The number of ether oxygens (including phenoxy) is 1. The zero-order valence-corrected chi connectivity index (χ0v) is 10.6. The molecule has 0 unspecified atom stereocenters. The molecule has 0 spiro atoms. The summed E-state index contributed by atoms with van der Waals surface area (Å²) in [7, 11) is 1.34. The highest BCUT2D eigenvalue weighted by molar-refractivity contribution is 5.87. The van der Waals surface area contributed by atoms with E-state index < -0.39 is 0 Å². The summed E-state index contributed by atoms with van der Waals surface area (Å²) in [4.78, 5) is 14.2. The van der Waals surface area contributed by atoms with Gasteiger partial charge in [-0.05, 0) is 29.8 Å². The number of H-pyrrole nitrogens is 1. The second kappa shape index (κ2) is 6.15. The lowest BCUT2D eigenvalue weighted by molar-refractivity contribution is 0.0594. The molecule has 1 heterocycles. The summed E-state index contributed by atoms with van der Waals surface area (Å²) in [5.74, 6) is -0.624. The Balaban J connectivity index is 1.84. The standard InChI is InChI=1S/C14H15FN2O2/c1-19-14(18)13-7-6-12(17-13)9-16-8-10-2-4-11(15)5-3-10/h2-7,16-17H,8-9H2,1H3. The lowest BCUT2D eigenvalue weighted by Gasteiger charge is -2.03. The fourth-order valence-corrected chi connectivity index (χ4v) is 1.72. The van der Waals surface area contributed by atoms with Crippen LogP contribution < -0.4 is 5.32 Å². The van der Waals surface area contributed by atoms with E-state index in [9.17, 15) is 9.18 Å². The Hall–Kier alpha value is -2.14. The fourth-order valence-electron chi connectivity index (χ4n) is 1.72. The van der Waals surface area contributed by atoms with Gasteiger partial charge in [0, 0.05) is 18.8 Å². The largest absolute Gasteiger partial charge is 0.464 e. The van der Waals surface area contributed by atoms with Crippen LogP contribution in [0, 0.1) is 5.82 Å². The number of hydrogen-bond donors (Lipinski definition) is 2. The Morgan fingerprint density at radius 1 is 1.21 bits per heavy atom. The molecule has 0 amide bonds. The Bertz CT molecular complexity index is 549. The molecule has 0 aliphatic carbocycles. The van der Waals surface area contributed by atoms with Crippen LogP contribution in [0.1, 0.15) is 21.7 Å². The maximum Gasteiger partial charge on any atom is 0.354 e. The van der Waals surface area contributed by atoms with Gasteiger partial charge in [0.1, 0.15) is 11.5 Å². The molecule has 0 fully saturated rings. The summed E-state index contributed by atoms with van der Waals surface area (Å²) in [5, 5.41) is 3.20. The molecular formula is C14H15FN2O2. The number of carbonyl (C=O) groups is 1. The summed E-state index contributed by atoms with van der Waals surface area (Å²) >= 11 is 0. The molecule has 0 atom stereocenters. The van der Waals surface area contributed by atoms with Crippen molar-refractivity contribution in [2.45, 2.75) is 13.1 Å². The Morgan fingerprint density at radius 3 is 2.63 bits per heavy atom. The molecule has 0 bridgehead atoms. The Morgan fingerprint density at radius 2 is 1.95 bits per heavy atom. The van der Waals surface area contributed by atoms with Crippen LogP contribution in [0.5, 0.6) is 0 Å². The van der Waals surface area contributed by atoms with E-state index in [-0.39, 0.29) is 11.8 Å². The molecule has 100 valence electrons. The molecule has 4 nitrogen and oxygen atoms in total. The van der Waals surface area contributed by atoms with Crippen LogP contribution in [0.25, 0.3) is 0 Å². The van der Waals surface area contributed by atoms with Gasteiger partial charge in [-0.2, -0.15) is 0 Å². The van der Waals surface area contributed by atoms with E-state index >= 15 is 0 Å². The van der Waals surface area contributed by atoms with Crippen molar-refractivity contribution in [3.8, 4) is 0 Å². The number of aromatic nitrogens is 1. The number of methoxy groups -OCH3 is 1. The number of benzene rings is 1. The summed E-state index contributed by atoms with van der Waals surface area (Å²) in [6.45, 7) is 1.22. The molecule has 0 aliphatic heterocycles. The van der Waals surface area contributed by atoms with Crippen molar-refractivity contribution in [3.05, 3.63) is 59.2 Å². The third-order valence-corrected chi connectivity index (χ3v) is 2.71. The molecule has 1 aromatic heterocycles. The third kappa shape index (κ3) is 3.66. The van der Waals surface area contributed by atoms with Gasteiger partial charge < -0.3 is 15.0 Å². The van der Waals surface area contributed by atoms with Gasteiger partial charge in [0.05, 0.1) is 7.11 Å². The molecule has 2 rings (SSSR count). The number of esters is 1. The van der Waals surface area contributed by atoms with E-state index in [0.717, 1.165) is 11.3 Å². The van der Waals surface area contributed by atoms with Crippen LogP contribution >= 0.6 is 0 Å². The van der Waals surface area contributed by atoms with Crippen molar-refractivity contribution in [2.75, 3.05) is 7.11 Å². The minimum Gasteiger partial charge on any atom is -0.464 e. The van der Waals surface area contributed by atoms with E-state index in [1.165, 1.54) is 19.2 Å².